The van der Waals surface area contributed by atoms with E-state index in [1.54, 1.807) is 5.56 Å². The van der Waals surface area contributed by atoms with Crippen LogP contribution in [0.2, 0.25) is 0 Å². The first-order chi connectivity index (χ1) is 9.40. The van der Waals surface area contributed by atoms with Crippen LogP contribution in [0.15, 0.2) is 12.1 Å². The predicted octanol–water partition coefficient (Wildman–Crippen LogP) is 2.91. The Balaban J connectivity index is 1.73. The molecule has 0 saturated carbocycles. The summed E-state index contributed by atoms with van der Waals surface area (Å²) in [6.07, 6.45) is 7.57. The molecule has 0 radical (unpaired) electrons. The lowest BCUT2D eigenvalue weighted by atomic mass is 9.91. The number of hydrogen-bond acceptors (Lipinski definition) is 2. The van der Waals surface area contributed by atoms with Crippen LogP contribution in [0.4, 0.5) is 0 Å². The molecule has 100 valence electrons. The smallest absolute Gasteiger partial charge is 0.110 e. The molecule has 2 N–H and O–H groups in total. The highest BCUT2D eigenvalue weighted by atomic mass is 14.9. The predicted molar refractivity (Wildman–Crippen MR) is 77.6 cm³/mol. The molecule has 1 fully saturated rings. The fraction of sp³-hybridized carbons (Fsp3) is 0.562. The van der Waals surface area contributed by atoms with E-state index < -0.39 is 0 Å². The standard InChI is InChI=1S/C16H21N3/c1-2-4-13-10-15-14(9-12(13)3-1)18-16(19-15)11-5-7-17-8-6-11/h9-11,17H,1-8H2,(H,18,19). The number of benzene rings is 1. The molecule has 1 aliphatic heterocycles. The van der Waals surface area contributed by atoms with Gasteiger partial charge in [0.1, 0.15) is 5.82 Å². The molecule has 2 heterocycles. The monoisotopic (exact) mass is 255 g/mol. The van der Waals surface area contributed by atoms with E-state index in [2.05, 4.69) is 22.4 Å². The molecule has 1 aromatic heterocycles. The lowest BCUT2D eigenvalue weighted by Gasteiger charge is -2.20. The summed E-state index contributed by atoms with van der Waals surface area (Å²) in [6.45, 7) is 2.25. The summed E-state index contributed by atoms with van der Waals surface area (Å²) >= 11 is 0. The van der Waals surface area contributed by atoms with Crippen molar-refractivity contribution < 1.29 is 0 Å². The minimum atomic E-state index is 0.616. The third kappa shape index (κ3) is 2.06. The molecule has 0 amide bonds. The van der Waals surface area contributed by atoms with E-state index >= 15 is 0 Å². The second kappa shape index (κ2) is 4.64. The largest absolute Gasteiger partial charge is 0.342 e. The van der Waals surface area contributed by atoms with E-state index in [1.807, 2.05) is 0 Å². The summed E-state index contributed by atoms with van der Waals surface area (Å²) in [7, 11) is 0. The van der Waals surface area contributed by atoms with Crippen LogP contribution in [0.25, 0.3) is 11.0 Å². The van der Waals surface area contributed by atoms with Crippen molar-refractivity contribution in [3.8, 4) is 0 Å². The summed E-state index contributed by atoms with van der Waals surface area (Å²) in [5.41, 5.74) is 5.49. The molecule has 0 bridgehead atoms. The number of hydrogen-bond donors (Lipinski definition) is 2. The fourth-order valence-corrected chi connectivity index (χ4v) is 3.55. The number of aryl methyl sites for hydroxylation is 2. The molecule has 4 rings (SSSR count). The third-order valence-electron chi connectivity index (χ3n) is 4.69. The Bertz CT molecular complexity index is 550. The van der Waals surface area contributed by atoms with E-state index in [9.17, 15) is 0 Å². The first kappa shape index (κ1) is 11.5. The molecule has 3 nitrogen and oxygen atoms in total. The maximum atomic E-state index is 4.86. The van der Waals surface area contributed by atoms with Gasteiger partial charge in [0.15, 0.2) is 0 Å². The fourth-order valence-electron chi connectivity index (χ4n) is 3.55. The molecular formula is C16H21N3. The first-order valence-corrected chi connectivity index (χ1v) is 7.62. The second-order valence-corrected chi connectivity index (χ2v) is 5.99. The van der Waals surface area contributed by atoms with E-state index in [1.165, 1.54) is 60.9 Å². The average molecular weight is 255 g/mol. The number of aromatic amines is 1. The number of fused-ring (bicyclic) bond motifs is 2. The molecule has 1 saturated heterocycles. The van der Waals surface area contributed by atoms with Gasteiger partial charge >= 0.3 is 0 Å². The summed E-state index contributed by atoms with van der Waals surface area (Å²) in [5, 5.41) is 3.42. The number of nitrogens with zero attached hydrogens (tertiary/aromatic N) is 1. The molecule has 1 aromatic carbocycles. The molecule has 1 aliphatic carbocycles. The van der Waals surface area contributed by atoms with Crippen molar-refractivity contribution in [3.63, 3.8) is 0 Å². The van der Waals surface area contributed by atoms with Gasteiger partial charge in [-0.3, -0.25) is 0 Å². The van der Waals surface area contributed by atoms with Crippen molar-refractivity contribution in [1.82, 2.24) is 15.3 Å². The Morgan fingerprint density at radius 3 is 2.53 bits per heavy atom. The SMILES string of the molecule is c1c2c(cc3[nH]c(C4CCNCC4)nc13)CCCC2. The van der Waals surface area contributed by atoms with Crippen LogP contribution < -0.4 is 5.32 Å². The van der Waals surface area contributed by atoms with E-state index in [4.69, 9.17) is 4.98 Å². The van der Waals surface area contributed by atoms with E-state index in [0.717, 1.165) is 13.1 Å². The van der Waals surface area contributed by atoms with Gasteiger partial charge in [-0.25, -0.2) is 4.98 Å². The number of imidazole rings is 1. The van der Waals surface area contributed by atoms with Crippen molar-refractivity contribution in [3.05, 3.63) is 29.1 Å². The van der Waals surface area contributed by atoms with Gasteiger partial charge in [0, 0.05) is 5.92 Å². The maximum Gasteiger partial charge on any atom is 0.110 e. The normalized spacial score (nSPS) is 20.6. The number of piperidine rings is 1. The van der Waals surface area contributed by atoms with Gasteiger partial charge in [0.05, 0.1) is 11.0 Å². The summed E-state index contributed by atoms with van der Waals surface area (Å²) < 4.78 is 0. The number of aromatic nitrogens is 2. The highest BCUT2D eigenvalue weighted by Gasteiger charge is 2.19. The van der Waals surface area contributed by atoms with Crippen LogP contribution in [0.3, 0.4) is 0 Å². The van der Waals surface area contributed by atoms with Crippen molar-refractivity contribution in [2.24, 2.45) is 0 Å². The molecule has 2 aromatic rings. The first-order valence-electron chi connectivity index (χ1n) is 7.62. The van der Waals surface area contributed by atoms with Gasteiger partial charge in [-0.1, -0.05) is 0 Å². The van der Waals surface area contributed by atoms with Gasteiger partial charge in [-0.15, -0.1) is 0 Å². The summed E-state index contributed by atoms with van der Waals surface area (Å²) in [5.74, 6) is 1.82. The average Bonchev–Trinajstić information content (AvgIpc) is 2.88. The van der Waals surface area contributed by atoms with Crippen LogP contribution in [0, 0.1) is 0 Å². The number of nitrogens with one attached hydrogen (secondary N) is 2. The van der Waals surface area contributed by atoms with Crippen molar-refractivity contribution in [2.75, 3.05) is 13.1 Å². The van der Waals surface area contributed by atoms with Gasteiger partial charge in [0.25, 0.3) is 0 Å². The van der Waals surface area contributed by atoms with E-state index in [0.29, 0.717) is 5.92 Å². The minimum absolute atomic E-state index is 0.616. The zero-order valence-electron chi connectivity index (χ0n) is 11.3. The number of rotatable bonds is 1. The second-order valence-electron chi connectivity index (χ2n) is 5.99. The van der Waals surface area contributed by atoms with Crippen LogP contribution in [-0.4, -0.2) is 23.1 Å². The van der Waals surface area contributed by atoms with Gasteiger partial charge in [-0.2, -0.15) is 0 Å². The van der Waals surface area contributed by atoms with Gasteiger partial charge in [-0.05, 0) is 74.9 Å². The highest BCUT2D eigenvalue weighted by molar-refractivity contribution is 5.77. The molecule has 19 heavy (non-hydrogen) atoms. The van der Waals surface area contributed by atoms with Crippen LogP contribution in [-0.2, 0) is 12.8 Å². The zero-order valence-corrected chi connectivity index (χ0v) is 11.3. The Hall–Kier alpha value is -1.35. The Kier molecular flexibility index (Phi) is 2.80. The molecular weight excluding hydrogens is 234 g/mol. The molecule has 0 spiro atoms. The lowest BCUT2D eigenvalue weighted by Crippen LogP contribution is -2.27. The lowest BCUT2D eigenvalue weighted by molar-refractivity contribution is 0.448. The molecule has 0 unspecified atom stereocenters. The molecule has 3 heteroatoms. The molecule has 2 aliphatic rings. The Morgan fingerprint density at radius 2 is 1.74 bits per heavy atom. The van der Waals surface area contributed by atoms with E-state index in [-0.39, 0.29) is 0 Å². The summed E-state index contributed by atoms with van der Waals surface area (Å²) in [4.78, 5) is 8.44. The van der Waals surface area contributed by atoms with Gasteiger partial charge in [0.2, 0.25) is 0 Å². The van der Waals surface area contributed by atoms with Crippen LogP contribution >= 0.6 is 0 Å². The number of H-pyrrole nitrogens is 1. The Morgan fingerprint density at radius 1 is 1.00 bits per heavy atom. The van der Waals surface area contributed by atoms with Crippen molar-refractivity contribution >= 4 is 11.0 Å². The maximum absolute atomic E-state index is 4.86. The van der Waals surface area contributed by atoms with Crippen molar-refractivity contribution in [1.29, 1.82) is 0 Å². The quantitative estimate of drug-likeness (QED) is 0.822. The highest BCUT2D eigenvalue weighted by Crippen LogP contribution is 2.29. The molecule has 0 atom stereocenters. The summed E-state index contributed by atoms with van der Waals surface area (Å²) in [6, 6.07) is 4.67. The topological polar surface area (TPSA) is 40.7 Å². The zero-order chi connectivity index (χ0) is 12.7. The van der Waals surface area contributed by atoms with Gasteiger partial charge < -0.3 is 10.3 Å². The minimum Gasteiger partial charge on any atom is -0.342 e. The van der Waals surface area contributed by atoms with Crippen molar-refractivity contribution in [2.45, 2.75) is 44.4 Å². The Labute approximate surface area is 113 Å². The van der Waals surface area contributed by atoms with Crippen LogP contribution in [0.1, 0.15) is 48.6 Å². The third-order valence-corrected chi connectivity index (χ3v) is 4.69. The van der Waals surface area contributed by atoms with Crippen LogP contribution in [0.5, 0.6) is 0 Å².